The molecule has 0 saturated carbocycles. The first-order valence-corrected chi connectivity index (χ1v) is 9.06. The van der Waals surface area contributed by atoms with Crippen molar-refractivity contribution >= 4 is 11.6 Å². The lowest BCUT2D eigenvalue weighted by Crippen LogP contribution is -2.68. The van der Waals surface area contributed by atoms with Crippen LogP contribution in [0.5, 0.6) is 0 Å². The monoisotopic (exact) mass is 330 g/mol. The largest absolute Gasteiger partial charge is 0.360 e. The standard InChI is InChI=1S/C18H23FN4O/c19-17-15-10-22(11-2-1-5-20-7-11)18(24)14(15)3-4-16(17)23-12-6-13(23)9-21-8-12/h3-4,11-13,20-21H,1-2,5-10H2. The number of carbonyl (C=O) groups is 1. The van der Waals surface area contributed by atoms with E-state index in [0.29, 0.717) is 35.4 Å². The highest BCUT2D eigenvalue weighted by Crippen LogP contribution is 2.39. The predicted molar refractivity (Wildman–Crippen MR) is 89.7 cm³/mol. The summed E-state index contributed by atoms with van der Waals surface area (Å²) in [5, 5.41) is 6.73. The number of piperidine rings is 2. The van der Waals surface area contributed by atoms with Gasteiger partial charge in [0.05, 0.1) is 12.2 Å². The molecule has 0 aromatic heterocycles. The number of carbonyl (C=O) groups excluding carboxylic acids is 1. The van der Waals surface area contributed by atoms with Crippen LogP contribution in [-0.4, -0.2) is 55.1 Å². The Bertz CT molecular complexity index is 674. The fraction of sp³-hybridized carbons (Fsp3) is 0.611. The minimum absolute atomic E-state index is 0.00498. The van der Waals surface area contributed by atoms with Gasteiger partial charge in [0.25, 0.3) is 5.91 Å². The summed E-state index contributed by atoms with van der Waals surface area (Å²) in [6, 6.07) is 4.64. The van der Waals surface area contributed by atoms with Crippen molar-refractivity contribution in [3.8, 4) is 0 Å². The lowest BCUT2D eigenvalue weighted by molar-refractivity contribution is 0.0674. The highest BCUT2D eigenvalue weighted by molar-refractivity contribution is 5.99. The molecule has 128 valence electrons. The molecule has 1 aromatic rings. The average Bonchev–Trinajstić information content (AvgIpc) is 2.96. The van der Waals surface area contributed by atoms with Gasteiger partial charge in [0.2, 0.25) is 0 Å². The van der Waals surface area contributed by atoms with Crippen LogP contribution < -0.4 is 15.5 Å². The summed E-state index contributed by atoms with van der Waals surface area (Å²) in [6.45, 7) is 4.09. The van der Waals surface area contributed by atoms with Crippen LogP contribution in [0.25, 0.3) is 0 Å². The molecule has 3 unspecified atom stereocenters. The normalized spacial score (nSPS) is 31.9. The molecule has 1 amide bonds. The molecule has 3 atom stereocenters. The highest BCUT2D eigenvalue weighted by atomic mass is 19.1. The third-order valence-corrected chi connectivity index (χ3v) is 6.12. The van der Waals surface area contributed by atoms with Crippen molar-refractivity contribution in [2.45, 2.75) is 43.9 Å². The van der Waals surface area contributed by atoms with Gasteiger partial charge in [0.1, 0.15) is 0 Å². The molecule has 4 aliphatic heterocycles. The minimum atomic E-state index is -0.177. The molecule has 4 heterocycles. The maximum absolute atomic E-state index is 15.2. The number of piperazine rings is 1. The second-order valence-corrected chi connectivity index (χ2v) is 7.47. The van der Waals surface area contributed by atoms with E-state index in [9.17, 15) is 4.79 Å². The van der Waals surface area contributed by atoms with Gasteiger partial charge in [-0.3, -0.25) is 4.79 Å². The van der Waals surface area contributed by atoms with Crippen molar-refractivity contribution in [3.63, 3.8) is 0 Å². The number of benzene rings is 1. The number of amides is 1. The van der Waals surface area contributed by atoms with Crippen molar-refractivity contribution in [3.05, 3.63) is 29.1 Å². The molecule has 5 rings (SSSR count). The number of halogens is 1. The van der Waals surface area contributed by atoms with E-state index in [0.717, 1.165) is 45.4 Å². The van der Waals surface area contributed by atoms with E-state index in [-0.39, 0.29) is 17.8 Å². The van der Waals surface area contributed by atoms with E-state index in [4.69, 9.17) is 0 Å². The molecular formula is C18H23FN4O. The van der Waals surface area contributed by atoms with Crippen LogP contribution in [0.15, 0.2) is 12.1 Å². The molecule has 2 bridgehead atoms. The smallest absolute Gasteiger partial charge is 0.254 e. The Balaban J connectivity index is 1.45. The van der Waals surface area contributed by atoms with Crippen molar-refractivity contribution < 1.29 is 9.18 Å². The van der Waals surface area contributed by atoms with E-state index in [1.54, 1.807) is 0 Å². The van der Waals surface area contributed by atoms with E-state index in [1.807, 2.05) is 17.0 Å². The summed E-state index contributed by atoms with van der Waals surface area (Å²) in [5.74, 6) is -0.182. The average molecular weight is 330 g/mol. The molecule has 3 saturated heterocycles. The fourth-order valence-electron chi connectivity index (χ4n) is 4.83. The summed E-state index contributed by atoms with van der Waals surface area (Å²) >= 11 is 0. The van der Waals surface area contributed by atoms with Crippen LogP contribution in [0, 0.1) is 5.82 Å². The third kappa shape index (κ3) is 2.02. The predicted octanol–water partition coefficient (Wildman–Crippen LogP) is 1.08. The molecule has 4 aliphatic rings. The highest BCUT2D eigenvalue weighted by Gasteiger charge is 2.44. The summed E-state index contributed by atoms with van der Waals surface area (Å²) in [4.78, 5) is 16.8. The Morgan fingerprint density at radius 2 is 1.88 bits per heavy atom. The third-order valence-electron chi connectivity index (χ3n) is 6.12. The first-order valence-electron chi connectivity index (χ1n) is 9.06. The molecule has 6 heteroatoms. The van der Waals surface area contributed by atoms with E-state index >= 15 is 4.39 Å². The van der Waals surface area contributed by atoms with Crippen LogP contribution in [0.4, 0.5) is 10.1 Å². The molecule has 5 nitrogen and oxygen atoms in total. The van der Waals surface area contributed by atoms with Gasteiger partial charge in [0, 0.05) is 48.9 Å². The Hall–Kier alpha value is -1.66. The second kappa shape index (κ2) is 5.43. The van der Waals surface area contributed by atoms with Crippen molar-refractivity contribution in [1.82, 2.24) is 15.5 Å². The maximum atomic E-state index is 15.2. The Morgan fingerprint density at radius 1 is 1.08 bits per heavy atom. The number of rotatable bonds is 2. The van der Waals surface area contributed by atoms with Gasteiger partial charge in [-0.15, -0.1) is 0 Å². The Kier molecular flexibility index (Phi) is 3.31. The van der Waals surface area contributed by atoms with Crippen LogP contribution >= 0.6 is 0 Å². The lowest BCUT2D eigenvalue weighted by atomic mass is 9.87. The number of nitrogens with zero attached hydrogens (tertiary/aromatic N) is 2. The molecule has 0 aliphatic carbocycles. The van der Waals surface area contributed by atoms with Crippen molar-refractivity contribution in [2.24, 2.45) is 0 Å². The van der Waals surface area contributed by atoms with Gasteiger partial charge >= 0.3 is 0 Å². The van der Waals surface area contributed by atoms with Gasteiger partial charge in [0.15, 0.2) is 5.82 Å². The number of fused-ring (bicyclic) bond motifs is 3. The quantitative estimate of drug-likeness (QED) is 0.852. The van der Waals surface area contributed by atoms with E-state index in [1.165, 1.54) is 0 Å². The first kappa shape index (κ1) is 14.7. The zero-order chi connectivity index (χ0) is 16.3. The number of hydrogen-bond acceptors (Lipinski definition) is 4. The zero-order valence-corrected chi connectivity index (χ0v) is 13.7. The van der Waals surface area contributed by atoms with Gasteiger partial charge in [-0.2, -0.15) is 0 Å². The molecule has 24 heavy (non-hydrogen) atoms. The first-order chi connectivity index (χ1) is 11.7. The molecule has 0 radical (unpaired) electrons. The Labute approximate surface area is 141 Å². The summed E-state index contributed by atoms with van der Waals surface area (Å²) in [5.41, 5.74) is 1.85. The van der Waals surface area contributed by atoms with Crippen molar-refractivity contribution in [2.75, 3.05) is 31.1 Å². The fourth-order valence-corrected chi connectivity index (χ4v) is 4.83. The second-order valence-electron chi connectivity index (χ2n) is 7.47. The van der Waals surface area contributed by atoms with Crippen molar-refractivity contribution in [1.29, 1.82) is 0 Å². The minimum Gasteiger partial charge on any atom is -0.360 e. The van der Waals surface area contributed by atoms with E-state index < -0.39 is 0 Å². The van der Waals surface area contributed by atoms with Crippen LogP contribution in [0.2, 0.25) is 0 Å². The number of nitrogens with one attached hydrogen (secondary N) is 2. The SMILES string of the molecule is O=C1c2ccc(N3C4CNCC3C4)c(F)c2CN1C1CCCNC1. The molecule has 1 aromatic carbocycles. The van der Waals surface area contributed by atoms with Gasteiger partial charge < -0.3 is 20.4 Å². The molecule has 2 N–H and O–H groups in total. The summed E-state index contributed by atoms with van der Waals surface area (Å²) in [6.07, 6.45) is 3.22. The lowest BCUT2D eigenvalue weighted by Gasteiger charge is -2.54. The maximum Gasteiger partial charge on any atom is 0.254 e. The van der Waals surface area contributed by atoms with Gasteiger partial charge in [-0.05, 0) is 37.9 Å². The zero-order valence-electron chi connectivity index (χ0n) is 13.7. The van der Waals surface area contributed by atoms with Gasteiger partial charge in [-0.1, -0.05) is 0 Å². The van der Waals surface area contributed by atoms with E-state index in [2.05, 4.69) is 15.5 Å². The summed E-state index contributed by atoms with van der Waals surface area (Å²) < 4.78 is 15.2. The van der Waals surface area contributed by atoms with Crippen LogP contribution in [0.3, 0.4) is 0 Å². The van der Waals surface area contributed by atoms with Crippen LogP contribution in [-0.2, 0) is 6.54 Å². The topological polar surface area (TPSA) is 47.6 Å². The van der Waals surface area contributed by atoms with Crippen LogP contribution in [0.1, 0.15) is 35.2 Å². The number of anilines is 1. The molecule has 0 spiro atoms. The number of hydrogen-bond donors (Lipinski definition) is 2. The molecule has 3 fully saturated rings. The van der Waals surface area contributed by atoms with Gasteiger partial charge in [-0.25, -0.2) is 4.39 Å². The summed E-state index contributed by atoms with van der Waals surface area (Å²) in [7, 11) is 0. The Morgan fingerprint density at radius 3 is 2.58 bits per heavy atom. The molecular weight excluding hydrogens is 307 g/mol.